The van der Waals surface area contributed by atoms with Crippen LogP contribution in [0.1, 0.15) is 31.2 Å². The summed E-state index contributed by atoms with van der Waals surface area (Å²) < 4.78 is 0. The molecule has 1 aromatic carbocycles. The molecule has 4 nitrogen and oxygen atoms in total. The van der Waals surface area contributed by atoms with E-state index in [4.69, 9.17) is 0 Å². The van der Waals surface area contributed by atoms with E-state index in [-0.39, 0.29) is 11.9 Å². The van der Waals surface area contributed by atoms with E-state index in [1.54, 1.807) is 11.8 Å². The fourth-order valence-corrected chi connectivity index (χ4v) is 3.46. The van der Waals surface area contributed by atoms with Crippen molar-refractivity contribution in [1.29, 1.82) is 0 Å². The van der Waals surface area contributed by atoms with Gasteiger partial charge < -0.3 is 5.32 Å². The van der Waals surface area contributed by atoms with Crippen molar-refractivity contribution in [2.75, 3.05) is 6.26 Å². The van der Waals surface area contributed by atoms with Crippen LogP contribution in [0, 0.1) is 0 Å². The van der Waals surface area contributed by atoms with E-state index < -0.39 is 5.54 Å². The lowest BCUT2D eigenvalue weighted by Crippen LogP contribution is -2.44. The summed E-state index contributed by atoms with van der Waals surface area (Å²) in [5.74, 6) is -0.0473. The Balaban J connectivity index is 1.76. The van der Waals surface area contributed by atoms with E-state index >= 15 is 0 Å². The summed E-state index contributed by atoms with van der Waals surface area (Å²) in [5, 5.41) is 2.91. The Kier molecular flexibility index (Phi) is 3.46. The summed E-state index contributed by atoms with van der Waals surface area (Å²) >= 11 is 1.68. The molecule has 0 radical (unpaired) electrons. The summed E-state index contributed by atoms with van der Waals surface area (Å²) in [6.45, 7) is 0.362. The number of rotatable bonds is 3. The first kappa shape index (κ1) is 13.5. The van der Waals surface area contributed by atoms with Crippen LogP contribution in [-0.2, 0) is 11.3 Å². The minimum Gasteiger partial charge on any atom is -0.323 e. The van der Waals surface area contributed by atoms with Gasteiger partial charge in [-0.15, -0.1) is 11.8 Å². The third-order valence-electron chi connectivity index (χ3n) is 4.20. The molecule has 1 saturated carbocycles. The van der Waals surface area contributed by atoms with Crippen LogP contribution in [0.5, 0.6) is 0 Å². The lowest BCUT2D eigenvalue weighted by Gasteiger charge is -2.20. The maximum absolute atomic E-state index is 12.5. The highest BCUT2D eigenvalue weighted by Gasteiger charge is 2.52. The van der Waals surface area contributed by atoms with Crippen LogP contribution in [0.4, 0.5) is 4.79 Å². The zero-order valence-corrected chi connectivity index (χ0v) is 12.3. The zero-order valence-electron chi connectivity index (χ0n) is 11.5. The van der Waals surface area contributed by atoms with Gasteiger partial charge in [0.15, 0.2) is 0 Å². The number of thioether (sulfide) groups is 1. The molecule has 1 spiro atoms. The van der Waals surface area contributed by atoms with Gasteiger partial charge in [0.05, 0.1) is 6.54 Å². The van der Waals surface area contributed by atoms with Gasteiger partial charge in [-0.1, -0.05) is 25.0 Å². The number of carbonyl (C=O) groups excluding carboxylic acids is 2. The largest absolute Gasteiger partial charge is 0.325 e. The fraction of sp³-hybridized carbons (Fsp3) is 0.467. The smallest absolute Gasteiger partial charge is 0.323 e. The van der Waals surface area contributed by atoms with Crippen LogP contribution in [0.2, 0.25) is 0 Å². The lowest BCUT2D eigenvalue weighted by molar-refractivity contribution is -0.131. The van der Waals surface area contributed by atoms with Crippen LogP contribution >= 0.6 is 11.8 Å². The molecule has 1 aromatic rings. The van der Waals surface area contributed by atoms with Crippen molar-refractivity contribution in [2.45, 2.75) is 42.7 Å². The quantitative estimate of drug-likeness (QED) is 0.688. The molecule has 3 rings (SSSR count). The Bertz CT molecular complexity index is 535. The molecular weight excluding hydrogens is 272 g/mol. The zero-order chi connectivity index (χ0) is 14.2. The molecule has 0 unspecified atom stereocenters. The second-order valence-corrected chi connectivity index (χ2v) is 6.34. The molecule has 1 aliphatic heterocycles. The molecule has 0 atom stereocenters. The van der Waals surface area contributed by atoms with Crippen molar-refractivity contribution in [3.8, 4) is 0 Å². The van der Waals surface area contributed by atoms with Crippen LogP contribution in [0.3, 0.4) is 0 Å². The number of benzene rings is 1. The molecule has 2 aliphatic rings. The number of amides is 3. The van der Waals surface area contributed by atoms with Gasteiger partial charge in [-0.2, -0.15) is 0 Å². The Hall–Kier alpha value is -1.49. The average molecular weight is 290 g/mol. The first-order valence-electron chi connectivity index (χ1n) is 6.92. The average Bonchev–Trinajstić information content (AvgIpc) is 3.01. The van der Waals surface area contributed by atoms with E-state index in [0.717, 1.165) is 31.2 Å². The standard InChI is InChI=1S/C15H18N2O2S/c1-20-12-6-4-11(5-7-12)10-17-13(18)15(16-14(17)19)8-2-3-9-15/h4-7H,2-3,8-10H2,1H3,(H,16,19). The number of hydrogen-bond acceptors (Lipinski definition) is 3. The van der Waals surface area contributed by atoms with Gasteiger partial charge in [-0.3, -0.25) is 9.69 Å². The summed E-state index contributed by atoms with van der Waals surface area (Å²) in [7, 11) is 0. The predicted molar refractivity (Wildman–Crippen MR) is 78.5 cm³/mol. The molecule has 3 amide bonds. The lowest BCUT2D eigenvalue weighted by atomic mass is 9.98. The van der Waals surface area contributed by atoms with Crippen molar-refractivity contribution in [3.63, 3.8) is 0 Å². The Labute approximate surface area is 122 Å². The number of imide groups is 1. The summed E-state index contributed by atoms with van der Waals surface area (Å²) in [5.41, 5.74) is 0.386. The maximum Gasteiger partial charge on any atom is 0.325 e. The van der Waals surface area contributed by atoms with Crippen molar-refractivity contribution in [3.05, 3.63) is 29.8 Å². The molecule has 5 heteroatoms. The van der Waals surface area contributed by atoms with Gasteiger partial charge in [-0.25, -0.2) is 4.79 Å². The third-order valence-corrected chi connectivity index (χ3v) is 4.95. The third kappa shape index (κ3) is 2.20. The Morgan fingerprint density at radius 3 is 2.45 bits per heavy atom. The fourth-order valence-electron chi connectivity index (χ4n) is 3.05. The van der Waals surface area contributed by atoms with Crippen LogP contribution < -0.4 is 5.32 Å². The number of urea groups is 1. The SMILES string of the molecule is CSc1ccc(CN2C(=O)NC3(CCCC3)C2=O)cc1. The normalized spacial score (nSPS) is 20.8. The van der Waals surface area contributed by atoms with E-state index in [0.29, 0.717) is 6.54 Å². The van der Waals surface area contributed by atoms with Gasteiger partial charge in [0, 0.05) is 4.90 Å². The van der Waals surface area contributed by atoms with E-state index in [9.17, 15) is 9.59 Å². The molecule has 1 aliphatic carbocycles. The highest BCUT2D eigenvalue weighted by atomic mass is 32.2. The topological polar surface area (TPSA) is 49.4 Å². The number of nitrogens with zero attached hydrogens (tertiary/aromatic N) is 1. The Morgan fingerprint density at radius 2 is 1.85 bits per heavy atom. The molecule has 1 heterocycles. The molecule has 2 fully saturated rings. The van der Waals surface area contributed by atoms with E-state index in [1.165, 1.54) is 9.80 Å². The van der Waals surface area contributed by atoms with E-state index in [2.05, 4.69) is 5.32 Å². The van der Waals surface area contributed by atoms with Gasteiger partial charge >= 0.3 is 6.03 Å². The van der Waals surface area contributed by atoms with Crippen molar-refractivity contribution < 1.29 is 9.59 Å². The molecular formula is C15H18N2O2S. The molecule has 20 heavy (non-hydrogen) atoms. The molecule has 1 saturated heterocycles. The van der Waals surface area contributed by atoms with Crippen molar-refractivity contribution in [2.24, 2.45) is 0 Å². The first-order chi connectivity index (χ1) is 9.64. The van der Waals surface area contributed by atoms with Gasteiger partial charge in [-0.05, 0) is 36.8 Å². The van der Waals surface area contributed by atoms with Crippen LogP contribution in [0.15, 0.2) is 29.2 Å². The predicted octanol–water partition coefficient (Wildman–Crippen LogP) is 2.77. The highest BCUT2D eigenvalue weighted by molar-refractivity contribution is 7.98. The second-order valence-electron chi connectivity index (χ2n) is 5.46. The van der Waals surface area contributed by atoms with Crippen molar-refractivity contribution in [1.82, 2.24) is 10.2 Å². The first-order valence-corrected chi connectivity index (χ1v) is 8.14. The van der Waals surface area contributed by atoms with Crippen LogP contribution in [0.25, 0.3) is 0 Å². The maximum atomic E-state index is 12.5. The number of hydrogen-bond donors (Lipinski definition) is 1. The number of carbonyl (C=O) groups is 2. The van der Waals surface area contributed by atoms with Crippen molar-refractivity contribution >= 4 is 23.7 Å². The summed E-state index contributed by atoms with van der Waals surface area (Å²) in [4.78, 5) is 27.1. The second kappa shape index (κ2) is 5.13. The van der Waals surface area contributed by atoms with Gasteiger partial charge in [0.25, 0.3) is 5.91 Å². The minimum atomic E-state index is -0.601. The molecule has 0 aromatic heterocycles. The minimum absolute atomic E-state index is 0.0473. The molecule has 106 valence electrons. The summed E-state index contributed by atoms with van der Waals surface area (Å²) in [6.07, 6.45) is 5.61. The Morgan fingerprint density at radius 1 is 1.20 bits per heavy atom. The highest BCUT2D eigenvalue weighted by Crippen LogP contribution is 2.35. The van der Waals surface area contributed by atoms with E-state index in [1.807, 2.05) is 30.5 Å². The molecule has 0 bridgehead atoms. The van der Waals surface area contributed by atoms with Crippen LogP contribution in [-0.4, -0.2) is 28.6 Å². The van der Waals surface area contributed by atoms with Gasteiger partial charge in [0.1, 0.15) is 5.54 Å². The van der Waals surface area contributed by atoms with Gasteiger partial charge in [0.2, 0.25) is 0 Å². The monoisotopic (exact) mass is 290 g/mol. The number of nitrogens with one attached hydrogen (secondary N) is 1. The molecule has 1 N–H and O–H groups in total. The summed E-state index contributed by atoms with van der Waals surface area (Å²) in [6, 6.07) is 7.75.